The molecule has 0 saturated carbocycles. The van der Waals surface area contributed by atoms with Gasteiger partial charge in [0.05, 0.1) is 5.92 Å². The molecule has 3 rings (SSSR count). The van der Waals surface area contributed by atoms with Crippen LogP contribution in [-0.2, 0) is 9.59 Å². The fraction of sp³-hybridized carbons (Fsp3) is 0.300. The molecule has 0 unspecified atom stereocenters. The molecule has 4 nitrogen and oxygen atoms in total. The van der Waals surface area contributed by atoms with E-state index in [-0.39, 0.29) is 24.2 Å². The summed E-state index contributed by atoms with van der Waals surface area (Å²) in [5.74, 6) is -0.445. The van der Waals surface area contributed by atoms with E-state index in [9.17, 15) is 9.59 Å². The third-order valence-electron chi connectivity index (χ3n) is 4.79. The summed E-state index contributed by atoms with van der Waals surface area (Å²) in [6.07, 6.45) is 0.244. The zero-order valence-corrected chi connectivity index (χ0v) is 16.2. The Hall–Kier alpha value is -2.14. The molecule has 5 heteroatoms. The molecule has 0 aliphatic carbocycles. The lowest BCUT2D eigenvalue weighted by Crippen LogP contribution is -2.28. The number of rotatable bonds is 3. The van der Waals surface area contributed by atoms with E-state index in [1.54, 1.807) is 4.90 Å². The van der Waals surface area contributed by atoms with Crippen molar-refractivity contribution in [3.63, 3.8) is 0 Å². The fourth-order valence-electron chi connectivity index (χ4n) is 3.09. The maximum absolute atomic E-state index is 12.7. The van der Waals surface area contributed by atoms with Crippen LogP contribution >= 0.6 is 15.9 Å². The molecule has 1 aliphatic rings. The minimum absolute atomic E-state index is 0.00513. The molecule has 1 atom stereocenters. The van der Waals surface area contributed by atoms with Gasteiger partial charge in [0.25, 0.3) is 0 Å². The lowest BCUT2D eigenvalue weighted by atomic mass is 10.1. The number of carbonyl (C=O) groups excluding carboxylic acids is 2. The van der Waals surface area contributed by atoms with Crippen molar-refractivity contribution < 1.29 is 9.59 Å². The highest BCUT2D eigenvalue weighted by molar-refractivity contribution is 9.10. The van der Waals surface area contributed by atoms with E-state index >= 15 is 0 Å². The maximum Gasteiger partial charge on any atom is 0.229 e. The first kappa shape index (κ1) is 17.7. The minimum atomic E-state index is -0.337. The summed E-state index contributed by atoms with van der Waals surface area (Å²) < 4.78 is 1.02. The van der Waals surface area contributed by atoms with Gasteiger partial charge in [-0.3, -0.25) is 9.59 Å². The van der Waals surface area contributed by atoms with E-state index in [2.05, 4.69) is 21.2 Å². The summed E-state index contributed by atoms with van der Waals surface area (Å²) in [4.78, 5) is 26.7. The van der Waals surface area contributed by atoms with Crippen LogP contribution < -0.4 is 10.2 Å². The second kappa shape index (κ2) is 7.00. The quantitative estimate of drug-likeness (QED) is 0.831. The number of aryl methyl sites for hydroxylation is 1. The number of anilines is 2. The highest BCUT2D eigenvalue weighted by Gasteiger charge is 2.35. The summed E-state index contributed by atoms with van der Waals surface area (Å²) >= 11 is 3.50. The zero-order valence-electron chi connectivity index (χ0n) is 14.6. The largest absolute Gasteiger partial charge is 0.326 e. The van der Waals surface area contributed by atoms with Gasteiger partial charge >= 0.3 is 0 Å². The van der Waals surface area contributed by atoms with Crippen LogP contribution in [0.2, 0.25) is 0 Å². The molecular formula is C20H21BrN2O2. The van der Waals surface area contributed by atoms with Crippen molar-refractivity contribution >= 4 is 39.1 Å². The molecule has 0 bridgehead atoms. The monoisotopic (exact) mass is 400 g/mol. The standard InChI is InChI=1S/C20H21BrN2O2/c1-12-5-4-6-16(9-12)23-11-15(10-19(23)24)20(25)22-18-8-7-17(21)13(2)14(18)3/h4-9,15H,10-11H2,1-3H3,(H,22,25)/t15-/m1/s1. The van der Waals surface area contributed by atoms with Crippen molar-refractivity contribution in [3.05, 3.63) is 57.6 Å². The maximum atomic E-state index is 12.7. The van der Waals surface area contributed by atoms with Crippen molar-refractivity contribution in [1.29, 1.82) is 0 Å². The van der Waals surface area contributed by atoms with Gasteiger partial charge in [-0.2, -0.15) is 0 Å². The van der Waals surface area contributed by atoms with Crippen molar-refractivity contribution in [1.82, 2.24) is 0 Å². The van der Waals surface area contributed by atoms with Crippen LogP contribution in [0.25, 0.3) is 0 Å². The van der Waals surface area contributed by atoms with Crippen LogP contribution in [0.1, 0.15) is 23.1 Å². The molecule has 0 aromatic heterocycles. The van der Waals surface area contributed by atoms with E-state index in [1.165, 1.54) is 0 Å². The lowest BCUT2D eigenvalue weighted by molar-refractivity contribution is -0.122. The van der Waals surface area contributed by atoms with Crippen molar-refractivity contribution in [3.8, 4) is 0 Å². The molecule has 25 heavy (non-hydrogen) atoms. The summed E-state index contributed by atoms with van der Waals surface area (Å²) in [6, 6.07) is 11.6. The van der Waals surface area contributed by atoms with Gasteiger partial charge in [0.1, 0.15) is 0 Å². The Morgan fingerprint density at radius 2 is 1.92 bits per heavy atom. The highest BCUT2D eigenvalue weighted by atomic mass is 79.9. The minimum Gasteiger partial charge on any atom is -0.326 e. The predicted molar refractivity (Wildman–Crippen MR) is 104 cm³/mol. The first-order valence-electron chi connectivity index (χ1n) is 8.30. The second-order valence-electron chi connectivity index (χ2n) is 6.58. The Morgan fingerprint density at radius 1 is 1.16 bits per heavy atom. The van der Waals surface area contributed by atoms with Crippen molar-refractivity contribution in [2.24, 2.45) is 5.92 Å². The lowest BCUT2D eigenvalue weighted by Gasteiger charge is -2.18. The molecular weight excluding hydrogens is 380 g/mol. The summed E-state index contributed by atoms with van der Waals surface area (Å²) in [5, 5.41) is 2.99. The Kier molecular flexibility index (Phi) is 4.95. The van der Waals surface area contributed by atoms with Gasteiger partial charge in [-0.15, -0.1) is 0 Å². The van der Waals surface area contributed by atoms with Crippen molar-refractivity contribution in [2.45, 2.75) is 27.2 Å². The van der Waals surface area contributed by atoms with Crippen LogP contribution in [-0.4, -0.2) is 18.4 Å². The number of hydrogen-bond donors (Lipinski definition) is 1. The van der Waals surface area contributed by atoms with Gasteiger partial charge < -0.3 is 10.2 Å². The Morgan fingerprint density at radius 3 is 2.64 bits per heavy atom. The predicted octanol–water partition coefficient (Wildman–Crippen LogP) is 4.37. The first-order chi connectivity index (χ1) is 11.9. The summed E-state index contributed by atoms with van der Waals surface area (Å²) in [7, 11) is 0. The van der Waals surface area contributed by atoms with Crippen LogP contribution in [0.3, 0.4) is 0 Å². The van der Waals surface area contributed by atoms with Crippen LogP contribution in [0.15, 0.2) is 40.9 Å². The molecule has 0 radical (unpaired) electrons. The third-order valence-corrected chi connectivity index (χ3v) is 5.65. The molecule has 1 aliphatic heterocycles. The number of amides is 2. The number of nitrogens with one attached hydrogen (secondary N) is 1. The Bertz CT molecular complexity index is 848. The van der Waals surface area contributed by atoms with Crippen LogP contribution in [0.4, 0.5) is 11.4 Å². The normalized spacial score (nSPS) is 17.0. The number of hydrogen-bond acceptors (Lipinski definition) is 2. The zero-order chi connectivity index (χ0) is 18.1. The molecule has 2 aromatic rings. The second-order valence-corrected chi connectivity index (χ2v) is 7.43. The average Bonchev–Trinajstić information content (AvgIpc) is 2.97. The summed E-state index contributed by atoms with van der Waals surface area (Å²) in [5.41, 5.74) is 4.88. The number of benzene rings is 2. The molecule has 130 valence electrons. The number of halogens is 1. The molecule has 1 N–H and O–H groups in total. The molecule has 1 heterocycles. The topological polar surface area (TPSA) is 49.4 Å². The fourth-order valence-corrected chi connectivity index (χ4v) is 3.52. The van der Waals surface area contributed by atoms with Crippen molar-refractivity contribution in [2.75, 3.05) is 16.8 Å². The van der Waals surface area contributed by atoms with Crippen LogP contribution in [0, 0.1) is 26.7 Å². The Labute approximate surface area is 156 Å². The molecule has 2 amide bonds. The van der Waals surface area contributed by atoms with E-state index < -0.39 is 0 Å². The molecule has 2 aromatic carbocycles. The van der Waals surface area contributed by atoms with E-state index in [0.29, 0.717) is 6.54 Å². The van der Waals surface area contributed by atoms with Gasteiger partial charge in [-0.25, -0.2) is 0 Å². The van der Waals surface area contributed by atoms with Gasteiger partial charge in [0, 0.05) is 28.8 Å². The number of nitrogens with zero attached hydrogens (tertiary/aromatic N) is 1. The molecule has 0 spiro atoms. The van der Waals surface area contributed by atoms with Gasteiger partial charge in [-0.05, 0) is 61.7 Å². The van der Waals surface area contributed by atoms with E-state index in [4.69, 9.17) is 0 Å². The van der Waals surface area contributed by atoms with Crippen LogP contribution in [0.5, 0.6) is 0 Å². The Balaban J connectivity index is 1.74. The molecule has 1 saturated heterocycles. The van der Waals surface area contributed by atoms with E-state index in [0.717, 1.165) is 32.5 Å². The van der Waals surface area contributed by atoms with E-state index in [1.807, 2.05) is 57.2 Å². The highest BCUT2D eigenvalue weighted by Crippen LogP contribution is 2.29. The average molecular weight is 401 g/mol. The smallest absolute Gasteiger partial charge is 0.229 e. The van der Waals surface area contributed by atoms with Gasteiger partial charge in [0.15, 0.2) is 0 Å². The SMILES string of the molecule is Cc1cccc(N2C[C@H](C(=O)Nc3ccc(Br)c(C)c3C)CC2=O)c1. The number of carbonyl (C=O) groups is 2. The first-order valence-corrected chi connectivity index (χ1v) is 9.09. The third kappa shape index (κ3) is 3.61. The van der Waals surface area contributed by atoms with Gasteiger partial charge in [0.2, 0.25) is 11.8 Å². The van der Waals surface area contributed by atoms with Gasteiger partial charge in [-0.1, -0.05) is 28.1 Å². The summed E-state index contributed by atoms with van der Waals surface area (Å²) in [6.45, 7) is 6.40. The molecule has 1 fully saturated rings.